The summed E-state index contributed by atoms with van der Waals surface area (Å²) in [6.45, 7) is 4.37. The van der Waals surface area contributed by atoms with Gasteiger partial charge in [-0.3, -0.25) is 4.79 Å². The highest BCUT2D eigenvalue weighted by Gasteiger charge is 2.23. The Kier molecular flexibility index (Phi) is 5.18. The van der Waals surface area contributed by atoms with Crippen molar-refractivity contribution in [1.29, 1.82) is 0 Å². The minimum absolute atomic E-state index is 0.174. The van der Waals surface area contributed by atoms with E-state index in [2.05, 4.69) is 4.98 Å². The number of carbonyl (C=O) groups is 1. The van der Waals surface area contributed by atoms with Crippen molar-refractivity contribution >= 4 is 38.8 Å². The van der Waals surface area contributed by atoms with E-state index in [0.29, 0.717) is 40.3 Å². The van der Waals surface area contributed by atoms with E-state index < -0.39 is 10.0 Å². The van der Waals surface area contributed by atoms with E-state index in [1.54, 1.807) is 50.2 Å². The fraction of sp³-hybridized carbons (Fsp3) is 0.211. The summed E-state index contributed by atoms with van der Waals surface area (Å²) in [5, 5.41) is 1.13. The topological polar surface area (TPSA) is 70.2 Å². The molecule has 0 saturated heterocycles. The van der Waals surface area contributed by atoms with Crippen LogP contribution < -0.4 is 0 Å². The van der Waals surface area contributed by atoms with E-state index in [1.807, 2.05) is 6.07 Å². The van der Waals surface area contributed by atoms with Gasteiger partial charge in [-0.1, -0.05) is 37.6 Å². The highest BCUT2D eigenvalue weighted by molar-refractivity contribution is 7.89. The average Bonchev–Trinajstić information content (AvgIpc) is 3.00. The summed E-state index contributed by atoms with van der Waals surface area (Å²) in [6, 6.07) is 12.0. The summed E-state index contributed by atoms with van der Waals surface area (Å²) < 4.78 is 26.9. The second-order valence-corrected chi connectivity index (χ2v) is 8.21. The number of benzene rings is 2. The van der Waals surface area contributed by atoms with Gasteiger partial charge < -0.3 is 4.98 Å². The van der Waals surface area contributed by atoms with Gasteiger partial charge in [-0.2, -0.15) is 4.31 Å². The van der Waals surface area contributed by atoms with Gasteiger partial charge in [-0.05, 0) is 30.3 Å². The number of hydrogen-bond acceptors (Lipinski definition) is 3. The Labute approximate surface area is 157 Å². The molecule has 3 rings (SSSR count). The third kappa shape index (κ3) is 3.16. The SMILES string of the molecule is CCN(CC)S(=O)(=O)c1ccc2[nH]c(-c3cccc(Cl)c3)c(C=O)c2c1. The molecule has 136 valence electrons. The van der Waals surface area contributed by atoms with Crippen molar-refractivity contribution in [2.24, 2.45) is 0 Å². The minimum atomic E-state index is -3.60. The number of halogens is 1. The first-order chi connectivity index (χ1) is 12.4. The van der Waals surface area contributed by atoms with E-state index in [0.717, 1.165) is 11.8 Å². The van der Waals surface area contributed by atoms with Gasteiger partial charge in [0.2, 0.25) is 10.0 Å². The molecular weight excluding hydrogens is 372 g/mol. The molecule has 5 nitrogen and oxygen atoms in total. The normalized spacial score (nSPS) is 12.0. The molecule has 7 heteroatoms. The summed E-state index contributed by atoms with van der Waals surface area (Å²) in [5.41, 5.74) is 2.50. The lowest BCUT2D eigenvalue weighted by atomic mass is 10.1. The standard InChI is InChI=1S/C19H19ClN2O3S/c1-3-22(4-2)26(24,25)15-8-9-18-16(11-15)17(12-23)19(21-18)13-6-5-7-14(20)10-13/h5-12,21H,3-4H2,1-2H3. The number of aldehydes is 1. The molecule has 0 unspecified atom stereocenters. The Morgan fingerprint density at radius 1 is 1.12 bits per heavy atom. The van der Waals surface area contributed by atoms with Gasteiger partial charge in [-0.25, -0.2) is 8.42 Å². The fourth-order valence-corrected chi connectivity index (χ4v) is 4.73. The molecule has 0 spiro atoms. The summed E-state index contributed by atoms with van der Waals surface area (Å²) >= 11 is 6.05. The number of H-pyrrole nitrogens is 1. The average molecular weight is 391 g/mol. The summed E-state index contributed by atoms with van der Waals surface area (Å²) in [5.74, 6) is 0. The smallest absolute Gasteiger partial charge is 0.243 e. The lowest BCUT2D eigenvalue weighted by Gasteiger charge is -2.18. The molecule has 3 aromatic rings. The van der Waals surface area contributed by atoms with Crippen LogP contribution >= 0.6 is 11.6 Å². The maximum absolute atomic E-state index is 12.8. The van der Waals surface area contributed by atoms with Crippen molar-refractivity contribution < 1.29 is 13.2 Å². The molecule has 0 aliphatic carbocycles. The van der Waals surface area contributed by atoms with Gasteiger partial charge in [0.25, 0.3) is 0 Å². The lowest BCUT2D eigenvalue weighted by Crippen LogP contribution is -2.30. The maximum Gasteiger partial charge on any atom is 0.243 e. The van der Waals surface area contributed by atoms with Gasteiger partial charge in [0.05, 0.1) is 10.6 Å². The zero-order valence-corrected chi connectivity index (χ0v) is 16.1. The van der Waals surface area contributed by atoms with Gasteiger partial charge in [0.1, 0.15) is 0 Å². The summed E-state index contributed by atoms with van der Waals surface area (Å²) in [7, 11) is -3.60. The van der Waals surface area contributed by atoms with E-state index >= 15 is 0 Å². The number of fused-ring (bicyclic) bond motifs is 1. The van der Waals surface area contributed by atoms with E-state index in [4.69, 9.17) is 11.6 Å². The molecule has 1 N–H and O–H groups in total. The van der Waals surface area contributed by atoms with Crippen LogP contribution in [-0.2, 0) is 10.0 Å². The second-order valence-electron chi connectivity index (χ2n) is 5.84. The monoisotopic (exact) mass is 390 g/mol. The molecule has 1 heterocycles. The van der Waals surface area contributed by atoms with E-state index in [-0.39, 0.29) is 4.90 Å². The number of hydrogen-bond donors (Lipinski definition) is 1. The van der Waals surface area contributed by atoms with Gasteiger partial charge in [0.15, 0.2) is 6.29 Å². The number of aromatic amines is 1. The van der Waals surface area contributed by atoms with Crippen LogP contribution in [0.3, 0.4) is 0 Å². The zero-order valence-electron chi connectivity index (χ0n) is 14.5. The molecule has 0 bridgehead atoms. The molecule has 0 fully saturated rings. The van der Waals surface area contributed by atoms with Crippen LogP contribution in [0.5, 0.6) is 0 Å². The Balaban J connectivity index is 2.21. The Morgan fingerprint density at radius 2 is 1.85 bits per heavy atom. The van der Waals surface area contributed by atoms with Crippen molar-refractivity contribution in [2.75, 3.05) is 13.1 Å². The first-order valence-electron chi connectivity index (χ1n) is 8.29. The van der Waals surface area contributed by atoms with Crippen LogP contribution in [0, 0.1) is 0 Å². The minimum Gasteiger partial charge on any atom is -0.354 e. The van der Waals surface area contributed by atoms with E-state index in [9.17, 15) is 13.2 Å². The number of rotatable bonds is 6. The Bertz CT molecular complexity index is 1070. The predicted molar refractivity (Wildman–Crippen MR) is 104 cm³/mol. The Hall–Kier alpha value is -2.15. The molecule has 2 aromatic carbocycles. The largest absolute Gasteiger partial charge is 0.354 e. The van der Waals surface area contributed by atoms with Crippen LogP contribution in [0.1, 0.15) is 24.2 Å². The Morgan fingerprint density at radius 3 is 2.46 bits per heavy atom. The number of carbonyl (C=O) groups excluding carboxylic acids is 1. The molecule has 0 atom stereocenters. The van der Waals surface area contributed by atoms with Crippen molar-refractivity contribution in [3.8, 4) is 11.3 Å². The highest BCUT2D eigenvalue weighted by atomic mass is 35.5. The van der Waals surface area contributed by atoms with Crippen LogP contribution in [0.2, 0.25) is 5.02 Å². The predicted octanol–water partition coefficient (Wildman–Crippen LogP) is 4.33. The quantitative estimate of drug-likeness (QED) is 0.637. The van der Waals surface area contributed by atoms with Crippen LogP contribution in [-0.4, -0.2) is 37.1 Å². The number of aromatic nitrogens is 1. The van der Waals surface area contributed by atoms with Crippen molar-refractivity contribution in [2.45, 2.75) is 18.7 Å². The number of nitrogens with zero attached hydrogens (tertiary/aromatic N) is 1. The van der Waals surface area contributed by atoms with Crippen LogP contribution in [0.25, 0.3) is 22.2 Å². The molecular formula is C19H19ClN2O3S. The number of nitrogens with one attached hydrogen (secondary N) is 1. The highest BCUT2D eigenvalue weighted by Crippen LogP contribution is 2.32. The lowest BCUT2D eigenvalue weighted by molar-refractivity contribution is 0.112. The molecule has 0 aliphatic rings. The van der Waals surface area contributed by atoms with Crippen LogP contribution in [0.4, 0.5) is 0 Å². The molecule has 0 aliphatic heterocycles. The first kappa shape index (κ1) is 18.6. The summed E-state index contributed by atoms with van der Waals surface area (Å²) in [4.78, 5) is 15.1. The fourth-order valence-electron chi connectivity index (χ4n) is 3.06. The molecule has 0 saturated carbocycles. The van der Waals surface area contributed by atoms with Gasteiger partial charge in [-0.15, -0.1) is 0 Å². The summed E-state index contributed by atoms with van der Waals surface area (Å²) in [6.07, 6.45) is 0.739. The zero-order chi connectivity index (χ0) is 18.9. The maximum atomic E-state index is 12.8. The van der Waals surface area contributed by atoms with E-state index in [1.165, 1.54) is 4.31 Å². The van der Waals surface area contributed by atoms with Gasteiger partial charge >= 0.3 is 0 Å². The first-order valence-corrected chi connectivity index (χ1v) is 10.1. The van der Waals surface area contributed by atoms with Crippen molar-refractivity contribution in [3.05, 3.63) is 53.1 Å². The second kappa shape index (κ2) is 7.23. The molecule has 26 heavy (non-hydrogen) atoms. The third-order valence-corrected chi connectivity index (χ3v) is 6.67. The van der Waals surface area contributed by atoms with Crippen molar-refractivity contribution in [3.63, 3.8) is 0 Å². The van der Waals surface area contributed by atoms with Crippen molar-refractivity contribution in [1.82, 2.24) is 9.29 Å². The van der Waals surface area contributed by atoms with Crippen LogP contribution in [0.15, 0.2) is 47.4 Å². The number of sulfonamides is 1. The third-order valence-electron chi connectivity index (χ3n) is 4.38. The van der Waals surface area contributed by atoms with Gasteiger partial charge in [0, 0.05) is 40.1 Å². The molecule has 0 amide bonds. The molecule has 0 radical (unpaired) electrons. The molecule has 1 aromatic heterocycles.